The molecule has 0 saturated heterocycles. The highest BCUT2D eigenvalue weighted by molar-refractivity contribution is 5.80. The van der Waals surface area contributed by atoms with Crippen molar-refractivity contribution >= 4 is 12.1 Å². The van der Waals surface area contributed by atoms with Gasteiger partial charge in [0.05, 0.1) is 0 Å². The standard InChI is InChI=1S/C15H22N2O4/c1-15(2,3)21-14(20)17(4)12(13(18)19)8-7-11-6-5-9-16-10-11/h5-6,9-10,12H,7-8H2,1-4H3,(H,18,19). The average Bonchev–Trinajstić information content (AvgIpc) is 2.37. The van der Waals surface area contributed by atoms with E-state index in [4.69, 9.17) is 4.74 Å². The first-order valence-corrected chi connectivity index (χ1v) is 6.78. The van der Waals surface area contributed by atoms with Gasteiger partial charge < -0.3 is 9.84 Å². The van der Waals surface area contributed by atoms with E-state index in [9.17, 15) is 14.7 Å². The van der Waals surface area contributed by atoms with Crippen LogP contribution in [0, 0.1) is 0 Å². The van der Waals surface area contributed by atoms with Crippen LogP contribution in [0.2, 0.25) is 0 Å². The maximum atomic E-state index is 11.9. The number of ether oxygens (including phenoxy) is 1. The lowest BCUT2D eigenvalue weighted by Crippen LogP contribution is -2.45. The van der Waals surface area contributed by atoms with Crippen molar-refractivity contribution in [1.82, 2.24) is 9.88 Å². The first-order chi connectivity index (χ1) is 9.70. The lowest BCUT2D eigenvalue weighted by atomic mass is 10.1. The normalized spacial score (nSPS) is 12.6. The van der Waals surface area contributed by atoms with E-state index in [2.05, 4.69) is 4.98 Å². The Morgan fingerprint density at radius 2 is 2.10 bits per heavy atom. The predicted molar refractivity (Wildman–Crippen MR) is 78.0 cm³/mol. The van der Waals surface area contributed by atoms with Gasteiger partial charge in [-0.05, 0) is 45.2 Å². The van der Waals surface area contributed by atoms with Crippen molar-refractivity contribution < 1.29 is 19.4 Å². The summed E-state index contributed by atoms with van der Waals surface area (Å²) >= 11 is 0. The number of carboxylic acid groups (broad SMARTS) is 1. The summed E-state index contributed by atoms with van der Waals surface area (Å²) in [7, 11) is 1.44. The Hall–Kier alpha value is -2.11. The SMILES string of the molecule is CN(C(=O)OC(C)(C)C)C(CCc1cccnc1)C(=O)O. The van der Waals surface area contributed by atoms with Crippen LogP contribution in [-0.4, -0.2) is 45.7 Å². The van der Waals surface area contributed by atoms with E-state index in [0.717, 1.165) is 10.5 Å². The van der Waals surface area contributed by atoms with E-state index in [1.54, 1.807) is 39.2 Å². The van der Waals surface area contributed by atoms with Gasteiger partial charge in [0, 0.05) is 19.4 Å². The molecule has 0 spiro atoms. The van der Waals surface area contributed by atoms with Gasteiger partial charge in [-0.2, -0.15) is 0 Å². The second-order valence-corrected chi connectivity index (χ2v) is 5.85. The molecule has 1 heterocycles. The molecule has 21 heavy (non-hydrogen) atoms. The number of aromatic nitrogens is 1. The van der Waals surface area contributed by atoms with Crippen molar-refractivity contribution in [3.8, 4) is 0 Å². The van der Waals surface area contributed by atoms with Crippen LogP contribution in [0.5, 0.6) is 0 Å². The molecule has 1 aromatic rings. The van der Waals surface area contributed by atoms with Gasteiger partial charge in [-0.15, -0.1) is 0 Å². The summed E-state index contributed by atoms with van der Waals surface area (Å²) in [6, 6.07) is 2.74. The van der Waals surface area contributed by atoms with E-state index in [1.807, 2.05) is 6.07 Å². The van der Waals surface area contributed by atoms with Gasteiger partial charge in [0.25, 0.3) is 0 Å². The van der Waals surface area contributed by atoms with E-state index < -0.39 is 23.7 Å². The fraction of sp³-hybridized carbons (Fsp3) is 0.533. The van der Waals surface area contributed by atoms with Crippen molar-refractivity contribution in [2.24, 2.45) is 0 Å². The molecule has 0 radical (unpaired) electrons. The van der Waals surface area contributed by atoms with Crippen molar-refractivity contribution in [2.75, 3.05) is 7.05 Å². The van der Waals surface area contributed by atoms with Crippen LogP contribution < -0.4 is 0 Å². The molecule has 116 valence electrons. The maximum absolute atomic E-state index is 11.9. The predicted octanol–water partition coefficient (Wildman–Crippen LogP) is 2.33. The number of pyridine rings is 1. The number of hydrogen-bond donors (Lipinski definition) is 1. The molecule has 6 heteroatoms. The topological polar surface area (TPSA) is 79.7 Å². The molecule has 0 aliphatic heterocycles. The molecule has 1 unspecified atom stereocenters. The van der Waals surface area contributed by atoms with Gasteiger partial charge in [-0.1, -0.05) is 6.07 Å². The Morgan fingerprint density at radius 1 is 1.43 bits per heavy atom. The molecule has 1 atom stereocenters. The van der Waals surface area contributed by atoms with Crippen LogP contribution in [-0.2, 0) is 16.0 Å². The number of carboxylic acids is 1. The molecular formula is C15H22N2O4. The molecular weight excluding hydrogens is 272 g/mol. The van der Waals surface area contributed by atoms with Gasteiger partial charge in [0.15, 0.2) is 0 Å². The highest BCUT2D eigenvalue weighted by Gasteiger charge is 2.29. The van der Waals surface area contributed by atoms with Crippen LogP contribution in [0.4, 0.5) is 4.79 Å². The molecule has 1 aromatic heterocycles. The summed E-state index contributed by atoms with van der Waals surface area (Å²) in [5, 5.41) is 9.30. The number of carbonyl (C=O) groups is 2. The highest BCUT2D eigenvalue weighted by atomic mass is 16.6. The quantitative estimate of drug-likeness (QED) is 0.901. The molecule has 0 aliphatic rings. The molecule has 0 fully saturated rings. The number of aliphatic carboxylic acids is 1. The summed E-state index contributed by atoms with van der Waals surface area (Å²) in [5.41, 5.74) is 0.277. The second-order valence-electron chi connectivity index (χ2n) is 5.85. The summed E-state index contributed by atoms with van der Waals surface area (Å²) < 4.78 is 5.19. The lowest BCUT2D eigenvalue weighted by Gasteiger charge is -2.28. The van der Waals surface area contributed by atoms with Crippen molar-refractivity contribution in [1.29, 1.82) is 0 Å². The Balaban J connectivity index is 2.68. The zero-order valence-corrected chi connectivity index (χ0v) is 12.9. The third-order valence-corrected chi connectivity index (χ3v) is 2.86. The smallest absolute Gasteiger partial charge is 0.410 e. The third kappa shape index (κ3) is 5.81. The van der Waals surface area contributed by atoms with Gasteiger partial charge >= 0.3 is 12.1 Å². The van der Waals surface area contributed by atoms with Gasteiger partial charge in [-0.25, -0.2) is 9.59 Å². The maximum Gasteiger partial charge on any atom is 0.410 e. The number of carbonyl (C=O) groups excluding carboxylic acids is 1. The summed E-state index contributed by atoms with van der Waals surface area (Å²) in [6.07, 6.45) is 3.53. The molecule has 6 nitrogen and oxygen atoms in total. The largest absolute Gasteiger partial charge is 0.480 e. The minimum absolute atomic E-state index is 0.302. The molecule has 1 amide bonds. The number of rotatable bonds is 5. The molecule has 1 rings (SSSR count). The van der Waals surface area contributed by atoms with E-state index in [-0.39, 0.29) is 0 Å². The first kappa shape index (κ1) is 16.9. The van der Waals surface area contributed by atoms with Crippen molar-refractivity contribution in [3.63, 3.8) is 0 Å². The summed E-state index contributed by atoms with van der Waals surface area (Å²) in [4.78, 5) is 28.4. The Bertz CT molecular complexity index is 482. The van der Waals surface area contributed by atoms with Crippen molar-refractivity contribution in [3.05, 3.63) is 30.1 Å². The summed E-state index contributed by atoms with van der Waals surface area (Å²) in [6.45, 7) is 5.22. The monoisotopic (exact) mass is 294 g/mol. The second kappa shape index (κ2) is 7.06. The van der Waals surface area contributed by atoms with E-state index in [0.29, 0.717) is 12.8 Å². The Kier molecular flexibility index (Phi) is 5.69. The van der Waals surface area contributed by atoms with E-state index >= 15 is 0 Å². The van der Waals surface area contributed by atoms with Crippen LogP contribution >= 0.6 is 0 Å². The molecule has 0 saturated carbocycles. The van der Waals surface area contributed by atoms with Gasteiger partial charge in [0.1, 0.15) is 11.6 Å². The zero-order valence-electron chi connectivity index (χ0n) is 12.9. The molecule has 1 N–H and O–H groups in total. The van der Waals surface area contributed by atoms with E-state index in [1.165, 1.54) is 7.05 Å². The van der Waals surface area contributed by atoms with Crippen LogP contribution in [0.1, 0.15) is 32.8 Å². The van der Waals surface area contributed by atoms with Crippen LogP contribution in [0.3, 0.4) is 0 Å². The highest BCUT2D eigenvalue weighted by Crippen LogP contribution is 2.14. The number of aryl methyl sites for hydroxylation is 1. The third-order valence-electron chi connectivity index (χ3n) is 2.86. The lowest BCUT2D eigenvalue weighted by molar-refractivity contribution is -0.142. The van der Waals surface area contributed by atoms with Crippen molar-refractivity contribution in [2.45, 2.75) is 45.3 Å². The fourth-order valence-corrected chi connectivity index (χ4v) is 1.79. The van der Waals surface area contributed by atoms with Crippen LogP contribution in [0.15, 0.2) is 24.5 Å². The minimum atomic E-state index is -1.05. The fourth-order valence-electron chi connectivity index (χ4n) is 1.79. The van der Waals surface area contributed by atoms with Gasteiger partial charge in [-0.3, -0.25) is 9.88 Å². The number of likely N-dealkylation sites (N-methyl/N-ethyl adjacent to an activating group) is 1. The zero-order chi connectivity index (χ0) is 16.0. The molecule has 0 aliphatic carbocycles. The average molecular weight is 294 g/mol. The first-order valence-electron chi connectivity index (χ1n) is 6.78. The Labute approximate surface area is 124 Å². The molecule has 0 aromatic carbocycles. The number of amides is 1. The van der Waals surface area contributed by atoms with Gasteiger partial charge in [0.2, 0.25) is 0 Å². The Morgan fingerprint density at radius 3 is 2.57 bits per heavy atom. The molecule has 0 bridgehead atoms. The number of hydrogen-bond acceptors (Lipinski definition) is 4. The number of nitrogens with zero attached hydrogens (tertiary/aromatic N) is 2. The summed E-state index contributed by atoms with van der Waals surface area (Å²) in [5.74, 6) is -1.05. The van der Waals surface area contributed by atoms with Crippen LogP contribution in [0.25, 0.3) is 0 Å². The minimum Gasteiger partial charge on any atom is -0.480 e.